The van der Waals surface area contributed by atoms with Crippen molar-refractivity contribution >= 4 is 16.9 Å². The van der Waals surface area contributed by atoms with E-state index < -0.39 is 55.6 Å². The lowest BCUT2D eigenvalue weighted by Crippen LogP contribution is -2.48. The molecule has 11 heteroatoms. The van der Waals surface area contributed by atoms with Gasteiger partial charge >= 0.3 is 6.09 Å². The Balaban J connectivity index is 1.29. The van der Waals surface area contributed by atoms with Crippen LogP contribution in [-0.4, -0.2) is 98.0 Å². The average Bonchev–Trinajstić information content (AvgIpc) is 3.54. The summed E-state index contributed by atoms with van der Waals surface area (Å²) >= 11 is 0. The standard InChI is InChI=1S/C45H51NO10/c1-46(2)45(49)56-43-41(48)38(25-47)55-44(43)54-31-40(52-28-33-16-8-4-9-17-33)42(53-29-34-18-10-5-11-19-34)39(51-27-32-14-6-3-7-15-32)30-50-26-35-22-23-36-20-12-13-21-37(36)24-35/h3-24,38-44,47-48H,25-31H2,1-2H3. The van der Waals surface area contributed by atoms with Crippen LogP contribution in [0, 0.1) is 0 Å². The Kier molecular flexibility index (Phi) is 15.4. The summed E-state index contributed by atoms with van der Waals surface area (Å²) in [4.78, 5) is 13.8. The molecule has 2 N–H and O–H groups in total. The largest absolute Gasteiger partial charge is 0.438 e. The van der Waals surface area contributed by atoms with E-state index in [1.165, 1.54) is 19.0 Å². The van der Waals surface area contributed by atoms with E-state index >= 15 is 0 Å². The number of carbonyl (C=O) groups is 1. The molecule has 296 valence electrons. The highest BCUT2D eigenvalue weighted by Gasteiger charge is 2.48. The molecule has 6 rings (SSSR count). The van der Waals surface area contributed by atoms with Crippen molar-refractivity contribution in [1.29, 1.82) is 0 Å². The van der Waals surface area contributed by atoms with E-state index in [-0.39, 0.29) is 33.0 Å². The third-order valence-electron chi connectivity index (χ3n) is 9.50. The summed E-state index contributed by atoms with van der Waals surface area (Å²) in [5, 5.41) is 23.2. The molecule has 5 aromatic carbocycles. The minimum Gasteiger partial charge on any atom is -0.438 e. The number of hydrogen-bond donors (Lipinski definition) is 2. The molecule has 5 aromatic rings. The van der Waals surface area contributed by atoms with Gasteiger partial charge in [0.15, 0.2) is 12.4 Å². The highest BCUT2D eigenvalue weighted by atomic mass is 16.7. The predicted molar refractivity (Wildman–Crippen MR) is 210 cm³/mol. The second-order valence-corrected chi connectivity index (χ2v) is 13.9. The van der Waals surface area contributed by atoms with Gasteiger partial charge in [0.25, 0.3) is 0 Å². The Bertz CT molecular complexity index is 1900. The Morgan fingerprint density at radius 2 is 1.20 bits per heavy atom. The molecule has 1 heterocycles. The van der Waals surface area contributed by atoms with E-state index in [2.05, 4.69) is 30.3 Å². The topological polar surface area (TPSA) is 125 Å². The summed E-state index contributed by atoms with van der Waals surface area (Å²) < 4.78 is 44.3. The Morgan fingerprint density at radius 3 is 1.77 bits per heavy atom. The van der Waals surface area contributed by atoms with E-state index in [1.54, 1.807) is 0 Å². The zero-order chi connectivity index (χ0) is 39.1. The van der Waals surface area contributed by atoms with Crippen molar-refractivity contribution in [2.75, 3.05) is 33.9 Å². The van der Waals surface area contributed by atoms with Gasteiger partial charge in [-0.2, -0.15) is 0 Å². The van der Waals surface area contributed by atoms with Crippen molar-refractivity contribution in [2.24, 2.45) is 0 Å². The number of ether oxygens (including phenoxy) is 7. The molecule has 0 radical (unpaired) electrons. The van der Waals surface area contributed by atoms with Crippen LogP contribution >= 0.6 is 0 Å². The van der Waals surface area contributed by atoms with Crippen molar-refractivity contribution in [1.82, 2.24) is 4.90 Å². The van der Waals surface area contributed by atoms with Crippen LogP contribution in [0.5, 0.6) is 0 Å². The van der Waals surface area contributed by atoms with Crippen molar-refractivity contribution in [3.63, 3.8) is 0 Å². The van der Waals surface area contributed by atoms with Crippen molar-refractivity contribution in [3.05, 3.63) is 156 Å². The maximum atomic E-state index is 12.6. The number of hydrogen-bond acceptors (Lipinski definition) is 10. The van der Waals surface area contributed by atoms with Gasteiger partial charge in [-0.05, 0) is 39.1 Å². The Labute approximate surface area is 328 Å². The first-order chi connectivity index (χ1) is 27.4. The predicted octanol–water partition coefficient (Wildman–Crippen LogP) is 6.27. The lowest BCUT2D eigenvalue weighted by molar-refractivity contribution is -0.218. The average molecular weight is 766 g/mol. The molecule has 7 atom stereocenters. The number of amides is 1. The molecule has 0 aromatic heterocycles. The highest BCUT2D eigenvalue weighted by molar-refractivity contribution is 5.82. The first-order valence-electron chi connectivity index (χ1n) is 18.8. The van der Waals surface area contributed by atoms with Crippen LogP contribution in [0.2, 0.25) is 0 Å². The number of nitrogens with zero attached hydrogens (tertiary/aromatic N) is 1. The summed E-state index contributed by atoms with van der Waals surface area (Å²) in [5.41, 5.74) is 3.86. The fraction of sp³-hybridized carbons (Fsp3) is 0.356. The number of benzene rings is 5. The number of rotatable bonds is 20. The second kappa shape index (κ2) is 21.0. The highest BCUT2D eigenvalue weighted by Crippen LogP contribution is 2.28. The summed E-state index contributed by atoms with van der Waals surface area (Å²) in [6, 6.07) is 43.9. The number of aliphatic hydroxyl groups excluding tert-OH is 2. The van der Waals surface area contributed by atoms with Gasteiger partial charge in [-0.15, -0.1) is 0 Å². The molecule has 1 aliphatic heterocycles. The van der Waals surface area contributed by atoms with E-state index in [0.717, 1.165) is 33.0 Å². The van der Waals surface area contributed by atoms with Crippen molar-refractivity contribution in [2.45, 2.75) is 69.3 Å². The summed E-state index contributed by atoms with van der Waals surface area (Å²) in [6.45, 7) is 0.602. The van der Waals surface area contributed by atoms with E-state index in [1.807, 2.05) is 103 Å². The maximum Gasteiger partial charge on any atom is 0.409 e. The molecule has 1 fully saturated rings. The molecule has 0 aliphatic carbocycles. The minimum atomic E-state index is -1.33. The molecule has 0 bridgehead atoms. The van der Waals surface area contributed by atoms with Gasteiger partial charge < -0.3 is 48.3 Å². The SMILES string of the molecule is CN(C)C(=O)OC1C(OCC(OCc2ccccc2)C(OCc2ccccc2)C(COCc2ccc3ccccc3c2)OCc2ccccc2)OC(CO)C1O. The maximum absolute atomic E-state index is 12.6. The first-order valence-corrected chi connectivity index (χ1v) is 18.8. The van der Waals surface area contributed by atoms with Gasteiger partial charge in [0, 0.05) is 14.1 Å². The first kappa shape index (κ1) is 41.0. The van der Waals surface area contributed by atoms with E-state index in [4.69, 9.17) is 33.2 Å². The lowest BCUT2D eigenvalue weighted by Gasteiger charge is -2.34. The molecule has 7 unspecified atom stereocenters. The third-order valence-corrected chi connectivity index (χ3v) is 9.50. The van der Waals surface area contributed by atoms with Crippen LogP contribution in [0.4, 0.5) is 4.79 Å². The van der Waals surface area contributed by atoms with Crippen LogP contribution in [0.3, 0.4) is 0 Å². The zero-order valence-corrected chi connectivity index (χ0v) is 31.8. The Hall–Kier alpha value is -4.69. The van der Waals surface area contributed by atoms with Crippen LogP contribution < -0.4 is 0 Å². The fourth-order valence-corrected chi connectivity index (χ4v) is 6.40. The third kappa shape index (κ3) is 11.7. The minimum absolute atomic E-state index is 0.117. The van der Waals surface area contributed by atoms with Gasteiger partial charge in [-0.3, -0.25) is 0 Å². The monoisotopic (exact) mass is 765 g/mol. The number of aliphatic hydroxyl groups is 2. The molecule has 1 aliphatic rings. The quantitative estimate of drug-likeness (QED) is 0.0937. The van der Waals surface area contributed by atoms with Gasteiger partial charge in [-0.1, -0.05) is 127 Å². The smallest absolute Gasteiger partial charge is 0.409 e. The Morgan fingerprint density at radius 1 is 0.661 bits per heavy atom. The van der Waals surface area contributed by atoms with E-state index in [9.17, 15) is 15.0 Å². The summed E-state index contributed by atoms with van der Waals surface area (Å²) in [5.74, 6) is 0. The van der Waals surface area contributed by atoms with Gasteiger partial charge in [0.1, 0.15) is 30.5 Å². The zero-order valence-electron chi connectivity index (χ0n) is 31.8. The molecule has 1 saturated heterocycles. The number of fused-ring (bicyclic) bond motifs is 1. The summed E-state index contributed by atoms with van der Waals surface area (Å²) in [7, 11) is 3.06. The lowest BCUT2D eigenvalue weighted by atomic mass is 10.1. The van der Waals surface area contributed by atoms with Gasteiger partial charge in [0.2, 0.25) is 0 Å². The molecular weight excluding hydrogens is 714 g/mol. The molecule has 56 heavy (non-hydrogen) atoms. The van der Waals surface area contributed by atoms with Crippen LogP contribution in [0.1, 0.15) is 22.3 Å². The van der Waals surface area contributed by atoms with Crippen molar-refractivity contribution < 1.29 is 48.2 Å². The fourth-order valence-electron chi connectivity index (χ4n) is 6.40. The van der Waals surface area contributed by atoms with Gasteiger partial charge in [0.05, 0.1) is 46.2 Å². The molecule has 0 spiro atoms. The van der Waals surface area contributed by atoms with Crippen molar-refractivity contribution in [3.8, 4) is 0 Å². The second-order valence-electron chi connectivity index (χ2n) is 13.9. The summed E-state index contributed by atoms with van der Waals surface area (Å²) in [6.07, 6.45) is -7.68. The normalized spacial score (nSPS) is 19.7. The van der Waals surface area contributed by atoms with Crippen LogP contribution in [0.15, 0.2) is 133 Å². The van der Waals surface area contributed by atoms with Crippen LogP contribution in [0.25, 0.3) is 10.8 Å². The van der Waals surface area contributed by atoms with Crippen LogP contribution in [-0.2, 0) is 59.6 Å². The van der Waals surface area contributed by atoms with E-state index in [0.29, 0.717) is 6.61 Å². The molecule has 0 saturated carbocycles. The molecule has 1 amide bonds. The van der Waals surface area contributed by atoms with Gasteiger partial charge in [-0.25, -0.2) is 4.79 Å². The number of carbonyl (C=O) groups excluding carboxylic acids is 1. The molecular formula is C45H51NO10. The molecule has 11 nitrogen and oxygen atoms in total.